The molecule has 0 bridgehead atoms. The van der Waals surface area contributed by atoms with Crippen molar-refractivity contribution in [3.8, 4) is 0 Å². The highest BCUT2D eigenvalue weighted by molar-refractivity contribution is 5.91. The first-order chi connectivity index (χ1) is 7.65. The van der Waals surface area contributed by atoms with Crippen molar-refractivity contribution in [2.75, 3.05) is 7.11 Å². The Bertz CT molecular complexity index is 383. The lowest BCUT2D eigenvalue weighted by molar-refractivity contribution is -0.117. The Labute approximate surface area is 95.4 Å². The minimum Gasteiger partial charge on any atom is -0.465 e. The van der Waals surface area contributed by atoms with E-state index in [0.29, 0.717) is 12.0 Å². The molecule has 1 aromatic rings. The van der Waals surface area contributed by atoms with Gasteiger partial charge in [0.05, 0.1) is 12.7 Å². The van der Waals surface area contributed by atoms with Gasteiger partial charge in [-0.2, -0.15) is 0 Å². The molecule has 0 aromatic heterocycles. The minimum absolute atomic E-state index is 0.176. The van der Waals surface area contributed by atoms with Crippen molar-refractivity contribution in [1.82, 2.24) is 0 Å². The van der Waals surface area contributed by atoms with Gasteiger partial charge in [-0.25, -0.2) is 4.79 Å². The van der Waals surface area contributed by atoms with Gasteiger partial charge in [-0.15, -0.1) is 0 Å². The number of esters is 1. The molecule has 0 heterocycles. The summed E-state index contributed by atoms with van der Waals surface area (Å²) in [5, 5.41) is 0. The van der Waals surface area contributed by atoms with Crippen LogP contribution in [0.2, 0.25) is 0 Å². The van der Waals surface area contributed by atoms with Gasteiger partial charge >= 0.3 is 5.97 Å². The number of hydrogen-bond acceptors (Lipinski definition) is 3. The summed E-state index contributed by atoms with van der Waals surface area (Å²) in [5.74, 6) is -0.144. The fourth-order valence-corrected chi connectivity index (χ4v) is 1.58. The zero-order chi connectivity index (χ0) is 12.0. The van der Waals surface area contributed by atoms with Crippen molar-refractivity contribution < 1.29 is 14.3 Å². The maximum Gasteiger partial charge on any atom is 0.338 e. The van der Waals surface area contributed by atoms with E-state index in [1.165, 1.54) is 7.11 Å². The first-order valence-electron chi connectivity index (χ1n) is 5.31. The molecule has 0 aliphatic rings. The minimum atomic E-state index is -0.321. The second kappa shape index (κ2) is 6.05. The predicted molar refractivity (Wildman–Crippen MR) is 61.4 cm³/mol. The van der Waals surface area contributed by atoms with Crippen LogP contribution in [0.4, 0.5) is 0 Å². The predicted octanol–water partition coefficient (Wildman–Crippen LogP) is 2.38. The molecule has 0 aliphatic heterocycles. The maximum absolute atomic E-state index is 11.4. The van der Waals surface area contributed by atoms with Gasteiger partial charge < -0.3 is 9.53 Å². The van der Waals surface area contributed by atoms with Crippen LogP contribution in [0.25, 0.3) is 0 Å². The van der Waals surface area contributed by atoms with Crippen LogP contribution in [-0.4, -0.2) is 18.9 Å². The molecule has 3 nitrogen and oxygen atoms in total. The highest BCUT2D eigenvalue weighted by Gasteiger charge is 2.10. The smallest absolute Gasteiger partial charge is 0.338 e. The van der Waals surface area contributed by atoms with Crippen LogP contribution in [0, 0.1) is 0 Å². The molecular formula is C13H16O3. The number of ketones is 1. The van der Waals surface area contributed by atoms with Crippen LogP contribution in [0.1, 0.15) is 35.7 Å². The summed E-state index contributed by atoms with van der Waals surface area (Å²) in [5.41, 5.74) is 1.53. The van der Waals surface area contributed by atoms with E-state index < -0.39 is 0 Å². The molecule has 16 heavy (non-hydrogen) atoms. The zero-order valence-electron chi connectivity index (χ0n) is 9.66. The molecule has 86 valence electrons. The molecule has 0 atom stereocenters. The topological polar surface area (TPSA) is 43.4 Å². The Morgan fingerprint density at radius 1 is 1.25 bits per heavy atom. The van der Waals surface area contributed by atoms with Crippen molar-refractivity contribution in [1.29, 1.82) is 0 Å². The van der Waals surface area contributed by atoms with E-state index in [4.69, 9.17) is 4.74 Å². The van der Waals surface area contributed by atoms with E-state index in [2.05, 4.69) is 0 Å². The van der Waals surface area contributed by atoms with Crippen molar-refractivity contribution >= 4 is 11.8 Å². The van der Waals surface area contributed by atoms with E-state index in [1.54, 1.807) is 19.1 Å². The number of methoxy groups -OCH3 is 1. The Morgan fingerprint density at radius 3 is 2.56 bits per heavy atom. The molecule has 0 radical (unpaired) electrons. The summed E-state index contributed by atoms with van der Waals surface area (Å²) < 4.78 is 4.70. The number of carbonyl (C=O) groups excluding carboxylic acids is 2. The third kappa shape index (κ3) is 3.50. The van der Waals surface area contributed by atoms with Crippen LogP contribution in [-0.2, 0) is 16.0 Å². The number of aryl methyl sites for hydroxylation is 1. The molecule has 0 aliphatic carbocycles. The lowest BCUT2D eigenvalue weighted by Crippen LogP contribution is -2.06. The van der Waals surface area contributed by atoms with Gasteiger partial charge in [0.1, 0.15) is 5.78 Å². The molecule has 0 saturated heterocycles. The first kappa shape index (κ1) is 12.4. The molecule has 3 heteroatoms. The van der Waals surface area contributed by atoms with Crippen LogP contribution in [0.3, 0.4) is 0 Å². The molecule has 0 unspecified atom stereocenters. The second-order valence-electron chi connectivity index (χ2n) is 3.70. The van der Waals surface area contributed by atoms with Gasteiger partial charge in [-0.3, -0.25) is 0 Å². The van der Waals surface area contributed by atoms with E-state index in [9.17, 15) is 9.59 Å². The molecule has 0 fully saturated rings. The number of carbonyl (C=O) groups is 2. The highest BCUT2D eigenvalue weighted by atomic mass is 16.5. The van der Waals surface area contributed by atoms with Crippen molar-refractivity contribution in [3.05, 3.63) is 35.4 Å². The zero-order valence-corrected chi connectivity index (χ0v) is 9.66. The van der Waals surface area contributed by atoms with Gasteiger partial charge in [-0.05, 0) is 31.4 Å². The monoisotopic (exact) mass is 220 g/mol. The molecule has 1 aromatic carbocycles. The Morgan fingerprint density at radius 2 is 1.94 bits per heavy atom. The molecule has 0 N–H and O–H groups in total. The van der Waals surface area contributed by atoms with Gasteiger partial charge in [0.15, 0.2) is 0 Å². The number of ether oxygens (including phenoxy) is 1. The number of benzene rings is 1. The largest absolute Gasteiger partial charge is 0.465 e. The summed E-state index contributed by atoms with van der Waals surface area (Å²) in [6, 6.07) is 7.33. The fourth-order valence-electron chi connectivity index (χ4n) is 1.58. The molecule has 0 amide bonds. The Kier molecular flexibility index (Phi) is 4.70. The standard InChI is InChI=1S/C13H16O3/c1-10(14)6-5-8-11-7-3-4-9-12(11)13(15)16-2/h3-4,7,9H,5-6,8H2,1-2H3. The number of rotatable bonds is 5. The lowest BCUT2D eigenvalue weighted by atomic mass is 10.0. The normalized spacial score (nSPS) is 9.88. The van der Waals surface area contributed by atoms with Crippen LogP contribution >= 0.6 is 0 Å². The summed E-state index contributed by atoms with van der Waals surface area (Å²) in [4.78, 5) is 22.3. The van der Waals surface area contributed by atoms with Crippen molar-refractivity contribution in [2.24, 2.45) is 0 Å². The van der Waals surface area contributed by atoms with Gasteiger partial charge in [-0.1, -0.05) is 18.2 Å². The summed E-state index contributed by atoms with van der Waals surface area (Å²) >= 11 is 0. The van der Waals surface area contributed by atoms with Crippen LogP contribution < -0.4 is 0 Å². The van der Waals surface area contributed by atoms with E-state index in [-0.39, 0.29) is 11.8 Å². The summed E-state index contributed by atoms with van der Waals surface area (Å²) in [6.45, 7) is 1.58. The van der Waals surface area contributed by atoms with Crippen LogP contribution in [0.15, 0.2) is 24.3 Å². The van der Waals surface area contributed by atoms with Gasteiger partial charge in [0, 0.05) is 6.42 Å². The van der Waals surface area contributed by atoms with E-state index in [0.717, 1.165) is 18.4 Å². The molecule has 1 rings (SSSR count). The highest BCUT2D eigenvalue weighted by Crippen LogP contribution is 2.13. The Hall–Kier alpha value is -1.64. The first-order valence-corrected chi connectivity index (χ1v) is 5.31. The fraction of sp³-hybridized carbons (Fsp3) is 0.385. The van der Waals surface area contributed by atoms with Crippen molar-refractivity contribution in [2.45, 2.75) is 26.2 Å². The number of hydrogen-bond donors (Lipinski definition) is 0. The Balaban J connectivity index is 2.71. The van der Waals surface area contributed by atoms with E-state index in [1.807, 2.05) is 12.1 Å². The van der Waals surface area contributed by atoms with Gasteiger partial charge in [0.25, 0.3) is 0 Å². The average Bonchev–Trinajstić information content (AvgIpc) is 2.28. The third-order valence-electron chi connectivity index (χ3n) is 2.40. The van der Waals surface area contributed by atoms with Gasteiger partial charge in [0.2, 0.25) is 0 Å². The lowest BCUT2D eigenvalue weighted by Gasteiger charge is -2.06. The van der Waals surface area contributed by atoms with Crippen molar-refractivity contribution in [3.63, 3.8) is 0 Å². The molecule has 0 saturated carbocycles. The SMILES string of the molecule is COC(=O)c1ccccc1CCCC(C)=O. The average molecular weight is 220 g/mol. The quantitative estimate of drug-likeness (QED) is 0.715. The van der Waals surface area contributed by atoms with Crippen LogP contribution in [0.5, 0.6) is 0 Å². The maximum atomic E-state index is 11.4. The van der Waals surface area contributed by atoms with E-state index >= 15 is 0 Å². The molecular weight excluding hydrogens is 204 g/mol. The molecule has 0 spiro atoms. The number of Topliss-reactive ketones (excluding diaryl/α,β-unsaturated/α-hetero) is 1. The summed E-state index contributed by atoms with van der Waals surface area (Å²) in [7, 11) is 1.37. The second-order valence-corrected chi connectivity index (χ2v) is 3.70. The summed E-state index contributed by atoms with van der Waals surface area (Å²) in [6.07, 6.45) is 2.05. The third-order valence-corrected chi connectivity index (χ3v) is 2.40.